The van der Waals surface area contributed by atoms with E-state index < -0.39 is 349 Å². The summed E-state index contributed by atoms with van der Waals surface area (Å²) in [5.74, 6) is -1.84. The molecule has 0 aromatic rings. The highest BCUT2D eigenvalue weighted by Crippen LogP contribution is 2.41. The summed E-state index contributed by atoms with van der Waals surface area (Å²) in [7, 11) is 0. The van der Waals surface area contributed by atoms with Crippen LogP contribution in [0.25, 0.3) is 0 Å². The Labute approximate surface area is 579 Å². The number of carboxylic acids is 1. The average molecular weight is 1520 g/mol. The van der Waals surface area contributed by atoms with Crippen LogP contribution in [-0.2, 0) is 104 Å². The molecule has 11 fully saturated rings. The molecule has 0 radical (unpaired) electrons. The zero-order valence-electron chi connectivity index (χ0n) is 53.7. The molecule has 47 heteroatoms. The molecule has 25 N–H and O–H groups in total. The highest BCUT2D eigenvalue weighted by atomic mass is 16.8. The van der Waals surface area contributed by atoms with Gasteiger partial charge >= 0.3 is 5.97 Å². The van der Waals surface area contributed by atoms with Crippen LogP contribution >= 0.6 is 0 Å². The maximum Gasteiger partial charge on any atom is 0.335 e. The summed E-state index contributed by atoms with van der Waals surface area (Å²) in [6.45, 7) is -8.60. The first-order valence-corrected chi connectivity index (χ1v) is 32.8. The van der Waals surface area contributed by atoms with Crippen molar-refractivity contribution in [1.82, 2.24) is 0 Å². The summed E-state index contributed by atoms with van der Waals surface area (Å²) >= 11 is 0. The summed E-state index contributed by atoms with van der Waals surface area (Å²) in [6.07, 6.45) is -87.9. The lowest BCUT2D eigenvalue weighted by Crippen LogP contribution is -2.66. The van der Waals surface area contributed by atoms with Gasteiger partial charge in [-0.1, -0.05) is 0 Å². The molecule has 11 heterocycles. The number of aliphatic hydroxyl groups excluding tert-OH is 24. The van der Waals surface area contributed by atoms with Crippen LogP contribution in [0.5, 0.6) is 0 Å². The van der Waals surface area contributed by atoms with Crippen molar-refractivity contribution >= 4 is 5.97 Å². The van der Waals surface area contributed by atoms with E-state index in [1.165, 1.54) is 0 Å². The number of rotatable bonds is 26. The molecule has 0 spiro atoms. The standard InChI is InChI=1S/C56H90O47/c57-1-12-22(64)31(73)49(88-12)97-38-19(96-54-42(21(63)11(62)6-84-54)101-53-35(77)28(70)29(71)41(100-53)45(80)81)9-86-47(36(38)78)94-18-8-85-48(37(79)39(18)98-56-43(27(69)16(5-61)92-56)102-51-33(75)24(66)14(3-59)90-51)95-20-10-87-55(93-17-7-83-46(82)30(72)26(17)68)44(103-52-34(76)25(67)15(4-60)91-52)40(20)99-50-32(74)23(65)13(2-58)89-50/h11-44,46-79,82H,1-10H2,(H,80,81)/t11-,12-,13-,14-,15-,16-,17-,18-,19-,20-,21+,22-,23-,24-,25-,26+,27-,28+,29+,30-,31+,32+,33+,34+,35-,36-,37-,38+,39+,40+,41+,42-,43+,44-,46-,47+,48+,49-,50-,51-,52-,53-,54+,55+,56-/m1/s1. The van der Waals surface area contributed by atoms with Gasteiger partial charge in [0.05, 0.1) is 66.1 Å². The van der Waals surface area contributed by atoms with Crippen LogP contribution in [0.3, 0.4) is 0 Å². The summed E-state index contributed by atoms with van der Waals surface area (Å²) in [5, 5.41) is 270. The third kappa shape index (κ3) is 17.0. The lowest BCUT2D eigenvalue weighted by molar-refractivity contribution is -0.393. The van der Waals surface area contributed by atoms with Gasteiger partial charge in [-0.25, -0.2) is 4.79 Å². The minimum absolute atomic E-state index is 0.651. The fourth-order valence-corrected chi connectivity index (χ4v) is 13.3. The first kappa shape index (κ1) is 81.7. The molecular weight excluding hydrogens is 1420 g/mol. The first-order chi connectivity index (χ1) is 49.0. The van der Waals surface area contributed by atoms with Gasteiger partial charge in [-0.05, 0) is 0 Å². The summed E-state index contributed by atoms with van der Waals surface area (Å²) in [4.78, 5) is 12.0. The molecule has 0 amide bonds. The molecule has 11 aliphatic heterocycles. The lowest BCUT2D eigenvalue weighted by Gasteiger charge is -2.48. The van der Waals surface area contributed by atoms with Crippen LogP contribution in [0.1, 0.15) is 0 Å². The summed E-state index contributed by atoms with van der Waals surface area (Å²) in [6, 6.07) is 0. The number of carboxylic acid groups (broad SMARTS) is 1. The second kappa shape index (κ2) is 34.9. The van der Waals surface area contributed by atoms with E-state index in [1.54, 1.807) is 0 Å². The van der Waals surface area contributed by atoms with Crippen LogP contribution in [0.2, 0.25) is 0 Å². The fourth-order valence-electron chi connectivity index (χ4n) is 13.3. The Kier molecular flexibility index (Phi) is 27.7. The van der Waals surface area contributed by atoms with Crippen LogP contribution < -0.4 is 0 Å². The number of aliphatic carboxylic acids is 1. The molecule has 0 aromatic heterocycles. The van der Waals surface area contributed by atoms with Gasteiger partial charge in [-0.2, -0.15) is 0 Å². The van der Waals surface area contributed by atoms with Crippen molar-refractivity contribution in [3.63, 3.8) is 0 Å². The van der Waals surface area contributed by atoms with Gasteiger partial charge in [0.25, 0.3) is 0 Å². The third-order valence-corrected chi connectivity index (χ3v) is 19.3. The molecule has 0 unspecified atom stereocenters. The van der Waals surface area contributed by atoms with Crippen molar-refractivity contribution in [2.45, 2.75) is 277 Å². The van der Waals surface area contributed by atoms with E-state index in [0.29, 0.717) is 0 Å². The van der Waals surface area contributed by atoms with Gasteiger partial charge in [0.1, 0.15) is 201 Å². The van der Waals surface area contributed by atoms with Crippen molar-refractivity contribution in [3.05, 3.63) is 0 Å². The highest BCUT2D eigenvalue weighted by Gasteiger charge is 2.61. The molecule has 11 rings (SSSR count). The molecule has 0 aromatic carbocycles. The molecule has 11 saturated heterocycles. The van der Waals surface area contributed by atoms with Crippen molar-refractivity contribution in [2.24, 2.45) is 0 Å². The van der Waals surface area contributed by atoms with Crippen LogP contribution in [0, 0.1) is 0 Å². The Morgan fingerprint density at radius 2 is 0.573 bits per heavy atom. The Bertz CT molecular complexity index is 2650. The molecule has 45 atom stereocenters. The van der Waals surface area contributed by atoms with Crippen molar-refractivity contribution in [2.75, 3.05) is 66.1 Å². The zero-order chi connectivity index (χ0) is 74.5. The second-order valence-corrected chi connectivity index (χ2v) is 26.1. The van der Waals surface area contributed by atoms with E-state index in [9.17, 15) is 132 Å². The normalized spacial score (nSPS) is 53.6. The number of hydrogen-bond donors (Lipinski definition) is 25. The highest BCUT2D eigenvalue weighted by molar-refractivity contribution is 5.73. The van der Waals surface area contributed by atoms with Gasteiger partial charge in [0.2, 0.25) is 0 Å². The quantitative estimate of drug-likeness (QED) is 0.0382. The van der Waals surface area contributed by atoms with Crippen LogP contribution in [0.4, 0.5) is 0 Å². The zero-order valence-corrected chi connectivity index (χ0v) is 53.7. The monoisotopic (exact) mass is 1510 g/mol. The van der Waals surface area contributed by atoms with Crippen LogP contribution in [0.15, 0.2) is 0 Å². The largest absolute Gasteiger partial charge is 0.479 e. The molecule has 0 aliphatic carbocycles. The molecule has 103 heavy (non-hydrogen) atoms. The van der Waals surface area contributed by atoms with Crippen LogP contribution in [-0.4, -0.2) is 476 Å². The Morgan fingerprint density at radius 1 is 0.252 bits per heavy atom. The predicted octanol–water partition coefficient (Wildman–Crippen LogP) is -18.5. The number of ether oxygens (including phenoxy) is 21. The SMILES string of the molecule is O=C(O)[C@H]1O[C@H](O[C@H]2[C@H](O[C@@H]3CO[C@@H](O[C@@H]4CO[C@@H](O[C@@H]5CO[C@@H](O[C@@H]6CO[C@@H](O)[C@H](O)[C@H]6O)[C@H](O[C@H]6O[C@H](CO)[C@@H](O)[C@@H]6O)[C@H]5O[C@H]5O[C@H](CO)[C@@H](O)[C@@H]5O)[C@H](O)[C@H]4O[C@H]4O[C@H](CO)[C@@H](O)[C@@H]4O[C@H]4O[C@H](CO)[C@@H](O)[C@@H]4O)[C@H](O)[C@H]3O[C@H]3O[C@H](CO)[C@@H](O)[C@@H]3O)OC[C@@H](O)[C@@H]2O)[C@H](O)[C@@H](O)[C@@H]1O. The Morgan fingerprint density at radius 3 is 1.02 bits per heavy atom. The smallest absolute Gasteiger partial charge is 0.335 e. The fraction of sp³-hybridized carbons (Fsp3) is 0.982. The first-order valence-electron chi connectivity index (χ1n) is 32.8. The molecule has 0 bridgehead atoms. The van der Waals surface area contributed by atoms with E-state index in [2.05, 4.69) is 0 Å². The van der Waals surface area contributed by atoms with Gasteiger partial charge in [0.15, 0.2) is 75.3 Å². The van der Waals surface area contributed by atoms with E-state index in [1.807, 2.05) is 0 Å². The van der Waals surface area contributed by atoms with Gasteiger partial charge in [-0.15, -0.1) is 0 Å². The van der Waals surface area contributed by atoms with Crippen molar-refractivity contribution in [1.29, 1.82) is 0 Å². The van der Waals surface area contributed by atoms with E-state index in [-0.39, 0.29) is 0 Å². The maximum absolute atomic E-state index is 12.8. The maximum atomic E-state index is 12.8. The molecule has 596 valence electrons. The predicted molar refractivity (Wildman–Crippen MR) is 303 cm³/mol. The number of hydrogen-bond acceptors (Lipinski definition) is 46. The van der Waals surface area contributed by atoms with Crippen molar-refractivity contribution in [3.8, 4) is 0 Å². The van der Waals surface area contributed by atoms with Crippen molar-refractivity contribution < 1.29 is 232 Å². The lowest BCUT2D eigenvalue weighted by atomic mass is 9.98. The summed E-state index contributed by atoms with van der Waals surface area (Å²) < 4.78 is 124. The van der Waals surface area contributed by atoms with Gasteiger partial charge in [-0.3, -0.25) is 0 Å². The number of carbonyl (C=O) groups is 1. The molecular formula is C56H90O47. The third-order valence-electron chi connectivity index (χ3n) is 19.3. The molecule has 11 aliphatic rings. The topological polar surface area (TPSA) is 717 Å². The molecule has 0 saturated carbocycles. The second-order valence-electron chi connectivity index (χ2n) is 26.1. The minimum atomic E-state index is -2.38. The van der Waals surface area contributed by atoms with E-state index in [0.717, 1.165) is 0 Å². The van der Waals surface area contributed by atoms with Gasteiger partial charge in [0, 0.05) is 0 Å². The average Bonchev–Trinajstić information content (AvgIpc) is 1.71. The summed E-state index contributed by atoms with van der Waals surface area (Å²) in [5.41, 5.74) is 0. The van der Waals surface area contributed by atoms with Gasteiger partial charge < -0.3 is 227 Å². The minimum Gasteiger partial charge on any atom is -0.479 e. The Balaban J connectivity index is 0.907. The Hall–Kier alpha value is -2.33. The molecule has 47 nitrogen and oxygen atoms in total. The van der Waals surface area contributed by atoms with E-state index >= 15 is 0 Å². The number of aliphatic hydroxyl groups is 24. The van der Waals surface area contributed by atoms with E-state index in [4.69, 9.17) is 99.5 Å².